The summed E-state index contributed by atoms with van der Waals surface area (Å²) in [5.41, 5.74) is 0. The molecule has 3 aromatic rings. The van der Waals surface area contributed by atoms with Gasteiger partial charge in [-0.25, -0.2) is 0 Å². The molecule has 0 saturated carbocycles. The van der Waals surface area contributed by atoms with Crippen LogP contribution < -0.4 is 10.1 Å². The Kier molecular flexibility index (Phi) is 4.16. The van der Waals surface area contributed by atoms with Crippen LogP contribution in [0.1, 0.15) is 6.42 Å². The summed E-state index contributed by atoms with van der Waals surface area (Å²) in [6, 6.07) is 11.5. The van der Waals surface area contributed by atoms with Gasteiger partial charge in [-0.15, -0.1) is 0 Å². The van der Waals surface area contributed by atoms with E-state index in [9.17, 15) is 0 Å². The molecule has 7 heteroatoms. The fourth-order valence-corrected chi connectivity index (χ4v) is 2.08. The highest BCUT2D eigenvalue weighted by Gasteiger charge is 2.05. The maximum atomic E-state index is 5.94. The van der Waals surface area contributed by atoms with Crippen LogP contribution in [0.15, 0.2) is 42.7 Å². The molecule has 1 aromatic carbocycles. The van der Waals surface area contributed by atoms with Crippen molar-refractivity contribution >= 4 is 23.2 Å². The van der Waals surface area contributed by atoms with Gasteiger partial charge in [0, 0.05) is 12.6 Å². The predicted octanol–water partition coefficient (Wildman–Crippen LogP) is 2.66. The molecule has 0 saturated heterocycles. The monoisotopic (exact) mass is 303 g/mol. The molecular weight excluding hydrogens is 290 g/mol. The van der Waals surface area contributed by atoms with Gasteiger partial charge < -0.3 is 10.1 Å². The van der Waals surface area contributed by atoms with Gasteiger partial charge in [0.15, 0.2) is 0 Å². The lowest BCUT2D eigenvalue weighted by molar-refractivity contribution is 0.315. The molecule has 0 unspecified atom stereocenters. The normalized spacial score (nSPS) is 10.7. The first kappa shape index (κ1) is 13.6. The largest absolute Gasteiger partial charge is 0.494 e. The van der Waals surface area contributed by atoms with Gasteiger partial charge >= 0.3 is 0 Å². The summed E-state index contributed by atoms with van der Waals surface area (Å²) >= 11 is 5.94. The number of ether oxygens (including phenoxy) is 1. The summed E-state index contributed by atoms with van der Waals surface area (Å²) in [6.07, 6.45) is 2.30. The number of nitrogens with one attached hydrogen (secondary N) is 1. The van der Waals surface area contributed by atoms with E-state index in [0.717, 1.165) is 24.5 Å². The number of halogens is 1. The van der Waals surface area contributed by atoms with Crippen molar-refractivity contribution < 1.29 is 4.74 Å². The molecule has 2 heterocycles. The van der Waals surface area contributed by atoms with Crippen molar-refractivity contribution in [2.75, 3.05) is 18.5 Å². The highest BCUT2D eigenvalue weighted by molar-refractivity contribution is 6.29. The summed E-state index contributed by atoms with van der Waals surface area (Å²) in [6.45, 7) is 1.37. The van der Waals surface area contributed by atoms with E-state index in [2.05, 4.69) is 20.4 Å². The summed E-state index contributed by atoms with van der Waals surface area (Å²) in [5, 5.41) is 7.74. The number of anilines is 1. The molecule has 0 aliphatic carbocycles. The van der Waals surface area contributed by atoms with Gasteiger partial charge in [-0.2, -0.15) is 19.6 Å². The fraction of sp³-hybridized carbons (Fsp3) is 0.214. The molecule has 0 fully saturated rings. The third kappa shape index (κ3) is 3.41. The van der Waals surface area contributed by atoms with Gasteiger partial charge in [0.25, 0.3) is 5.78 Å². The van der Waals surface area contributed by atoms with Gasteiger partial charge in [-0.05, 0) is 18.6 Å². The van der Waals surface area contributed by atoms with Crippen molar-refractivity contribution in [3.63, 3.8) is 0 Å². The molecule has 0 amide bonds. The molecule has 108 valence electrons. The highest BCUT2D eigenvalue weighted by atomic mass is 35.5. The smallest absolute Gasteiger partial charge is 0.255 e. The molecule has 0 atom stereocenters. The molecular formula is C14H14ClN5O. The first-order chi connectivity index (χ1) is 10.3. The van der Waals surface area contributed by atoms with Gasteiger partial charge in [-0.1, -0.05) is 29.8 Å². The lowest BCUT2D eigenvalue weighted by Crippen LogP contribution is -2.10. The Morgan fingerprint density at radius 1 is 1.24 bits per heavy atom. The fourth-order valence-electron chi connectivity index (χ4n) is 1.90. The van der Waals surface area contributed by atoms with E-state index < -0.39 is 0 Å². The second kappa shape index (κ2) is 6.41. The maximum Gasteiger partial charge on any atom is 0.255 e. The zero-order valence-corrected chi connectivity index (χ0v) is 12.0. The molecule has 1 N–H and O–H groups in total. The van der Waals surface area contributed by atoms with Gasteiger partial charge in [0.05, 0.1) is 6.61 Å². The summed E-state index contributed by atoms with van der Waals surface area (Å²) in [4.78, 5) is 8.09. The van der Waals surface area contributed by atoms with E-state index in [4.69, 9.17) is 16.3 Å². The van der Waals surface area contributed by atoms with Crippen molar-refractivity contribution in [2.45, 2.75) is 6.42 Å². The van der Waals surface area contributed by atoms with Gasteiger partial charge in [-0.3, -0.25) is 0 Å². The van der Waals surface area contributed by atoms with Crippen LogP contribution in [-0.2, 0) is 0 Å². The van der Waals surface area contributed by atoms with Gasteiger partial charge in [0.2, 0.25) is 0 Å². The van der Waals surface area contributed by atoms with Crippen molar-refractivity contribution in [1.82, 2.24) is 19.6 Å². The maximum absolute atomic E-state index is 5.94. The first-order valence-electron chi connectivity index (χ1n) is 6.61. The van der Waals surface area contributed by atoms with Crippen LogP contribution in [0.2, 0.25) is 5.15 Å². The highest BCUT2D eigenvalue weighted by Crippen LogP contribution is 2.14. The molecule has 2 aromatic heterocycles. The lowest BCUT2D eigenvalue weighted by atomic mass is 10.3. The predicted molar refractivity (Wildman–Crippen MR) is 80.8 cm³/mol. The topological polar surface area (TPSA) is 64.3 Å². The van der Waals surface area contributed by atoms with Crippen LogP contribution in [0, 0.1) is 0 Å². The summed E-state index contributed by atoms with van der Waals surface area (Å²) in [5.74, 6) is 2.12. The Morgan fingerprint density at radius 3 is 2.95 bits per heavy atom. The number of rotatable bonds is 6. The number of nitrogens with zero attached hydrogens (tertiary/aromatic N) is 4. The molecule has 3 rings (SSSR count). The molecule has 0 bridgehead atoms. The van der Waals surface area contributed by atoms with Crippen LogP contribution in [0.25, 0.3) is 5.78 Å². The minimum absolute atomic E-state index is 0.388. The van der Waals surface area contributed by atoms with Crippen molar-refractivity contribution in [3.05, 3.63) is 47.9 Å². The SMILES string of the molecule is Clc1cc(NCCCOc2ccccc2)n2ncnc2n1. The van der Waals surface area contributed by atoms with E-state index in [1.54, 1.807) is 10.6 Å². The Labute approximate surface area is 126 Å². The van der Waals surface area contributed by atoms with E-state index in [0.29, 0.717) is 17.5 Å². The molecule has 6 nitrogen and oxygen atoms in total. The minimum atomic E-state index is 0.388. The zero-order valence-electron chi connectivity index (χ0n) is 11.2. The van der Waals surface area contributed by atoms with Crippen molar-refractivity contribution in [3.8, 4) is 5.75 Å². The van der Waals surface area contributed by atoms with Crippen molar-refractivity contribution in [2.24, 2.45) is 0 Å². The van der Waals surface area contributed by atoms with Crippen LogP contribution in [0.5, 0.6) is 5.75 Å². The van der Waals surface area contributed by atoms with E-state index in [-0.39, 0.29) is 0 Å². The zero-order chi connectivity index (χ0) is 14.5. The summed E-state index contributed by atoms with van der Waals surface area (Å²) in [7, 11) is 0. The third-order valence-electron chi connectivity index (χ3n) is 2.86. The third-order valence-corrected chi connectivity index (χ3v) is 3.05. The average Bonchev–Trinajstić information content (AvgIpc) is 2.96. The quantitative estimate of drug-likeness (QED) is 0.560. The van der Waals surface area contributed by atoms with Crippen LogP contribution in [0.4, 0.5) is 5.82 Å². The van der Waals surface area contributed by atoms with E-state index >= 15 is 0 Å². The Bertz CT molecular complexity index is 716. The number of fused-ring (bicyclic) bond motifs is 1. The van der Waals surface area contributed by atoms with Crippen LogP contribution in [-0.4, -0.2) is 32.7 Å². The first-order valence-corrected chi connectivity index (χ1v) is 6.99. The number of para-hydroxylation sites is 1. The molecule has 0 aliphatic rings. The average molecular weight is 304 g/mol. The lowest BCUT2D eigenvalue weighted by Gasteiger charge is -2.09. The number of hydrogen-bond acceptors (Lipinski definition) is 5. The van der Waals surface area contributed by atoms with Crippen molar-refractivity contribution in [1.29, 1.82) is 0 Å². The Morgan fingerprint density at radius 2 is 2.10 bits per heavy atom. The number of aromatic nitrogens is 4. The molecule has 0 aliphatic heterocycles. The second-order valence-electron chi connectivity index (χ2n) is 4.38. The van der Waals surface area contributed by atoms with E-state index in [1.165, 1.54) is 6.33 Å². The Balaban J connectivity index is 1.52. The summed E-state index contributed by atoms with van der Waals surface area (Å²) < 4.78 is 7.24. The molecule has 21 heavy (non-hydrogen) atoms. The standard InChI is InChI=1S/C14H14ClN5O/c15-12-9-13(20-14(19-12)17-10-18-20)16-7-4-8-21-11-5-2-1-3-6-11/h1-3,5-6,9-10,16H,4,7-8H2. The van der Waals surface area contributed by atoms with Crippen LogP contribution >= 0.6 is 11.6 Å². The number of hydrogen-bond donors (Lipinski definition) is 1. The van der Waals surface area contributed by atoms with Gasteiger partial charge in [0.1, 0.15) is 23.0 Å². The molecule has 0 spiro atoms. The van der Waals surface area contributed by atoms with E-state index in [1.807, 2.05) is 30.3 Å². The Hall–Kier alpha value is -2.34. The second-order valence-corrected chi connectivity index (χ2v) is 4.77. The molecule has 0 radical (unpaired) electrons. The minimum Gasteiger partial charge on any atom is -0.494 e. The van der Waals surface area contributed by atoms with Crippen LogP contribution in [0.3, 0.4) is 0 Å². The number of benzene rings is 1.